The molecule has 0 saturated carbocycles. The van der Waals surface area contributed by atoms with E-state index in [1.807, 2.05) is 33.8 Å². The minimum Gasteiger partial charge on any atom is -0.379 e. The van der Waals surface area contributed by atoms with Crippen molar-refractivity contribution in [3.8, 4) is 0 Å². The molecule has 2 aromatic rings. The van der Waals surface area contributed by atoms with Crippen molar-refractivity contribution in [1.82, 2.24) is 24.5 Å². The Bertz CT molecular complexity index is 710. The van der Waals surface area contributed by atoms with Crippen molar-refractivity contribution >= 4 is 11.7 Å². The van der Waals surface area contributed by atoms with Gasteiger partial charge in [0.1, 0.15) is 5.65 Å². The molecule has 0 bridgehead atoms. The molecule has 2 saturated heterocycles. The number of nitrogens with zero attached hydrogens (tertiary/aromatic N) is 4. The van der Waals surface area contributed by atoms with E-state index >= 15 is 0 Å². The summed E-state index contributed by atoms with van der Waals surface area (Å²) in [6, 6.07) is 4.51. The number of aromatic nitrogens is 2. The number of urea groups is 1. The number of carbonyl (C=O) groups is 1. The van der Waals surface area contributed by atoms with Gasteiger partial charge in [-0.15, -0.1) is 0 Å². The molecule has 2 aliphatic heterocycles. The lowest BCUT2D eigenvalue weighted by Gasteiger charge is -2.32. The number of amides is 2. The summed E-state index contributed by atoms with van der Waals surface area (Å²) in [5.74, 6) is 0. The summed E-state index contributed by atoms with van der Waals surface area (Å²) in [5, 5.41) is 3.03. The second-order valence-electron chi connectivity index (χ2n) is 6.42. The molecule has 0 spiro atoms. The lowest BCUT2D eigenvalue weighted by atomic mass is 10.2. The molecule has 7 nitrogen and oxygen atoms in total. The highest BCUT2D eigenvalue weighted by Crippen LogP contribution is 2.17. The molecule has 0 aromatic carbocycles. The minimum atomic E-state index is 0.0222. The zero-order valence-corrected chi connectivity index (χ0v) is 13.7. The van der Waals surface area contributed by atoms with Gasteiger partial charge in [-0.05, 0) is 24.1 Å². The molecule has 2 fully saturated rings. The lowest BCUT2D eigenvalue weighted by Crippen LogP contribution is -2.46. The van der Waals surface area contributed by atoms with Crippen molar-refractivity contribution in [1.29, 1.82) is 0 Å². The molecule has 1 atom stereocenters. The van der Waals surface area contributed by atoms with Gasteiger partial charge in [0, 0.05) is 57.4 Å². The Morgan fingerprint density at radius 3 is 3.04 bits per heavy atom. The van der Waals surface area contributed by atoms with Gasteiger partial charge < -0.3 is 19.4 Å². The van der Waals surface area contributed by atoms with Gasteiger partial charge in [-0.1, -0.05) is 0 Å². The van der Waals surface area contributed by atoms with E-state index in [9.17, 15) is 4.79 Å². The predicted octanol–water partition coefficient (Wildman–Crippen LogP) is 0.950. The number of fused-ring (bicyclic) bond motifs is 1. The van der Waals surface area contributed by atoms with Crippen LogP contribution in [0.4, 0.5) is 4.79 Å². The number of hydrogen-bond acceptors (Lipinski definition) is 4. The van der Waals surface area contributed by atoms with Gasteiger partial charge in [-0.3, -0.25) is 4.90 Å². The van der Waals surface area contributed by atoms with E-state index in [-0.39, 0.29) is 6.03 Å². The average Bonchev–Trinajstić information content (AvgIpc) is 3.29. The Morgan fingerprint density at radius 2 is 2.17 bits per heavy atom. The first-order valence-electron chi connectivity index (χ1n) is 8.56. The number of carbonyl (C=O) groups excluding carboxylic acids is 1. The van der Waals surface area contributed by atoms with E-state index in [1.165, 1.54) is 0 Å². The molecule has 0 radical (unpaired) electrons. The van der Waals surface area contributed by atoms with Crippen LogP contribution in [0.3, 0.4) is 0 Å². The van der Waals surface area contributed by atoms with E-state index in [1.54, 1.807) is 6.20 Å². The van der Waals surface area contributed by atoms with Crippen LogP contribution >= 0.6 is 0 Å². The molecule has 24 heavy (non-hydrogen) atoms. The Kier molecular flexibility index (Phi) is 4.36. The van der Waals surface area contributed by atoms with Gasteiger partial charge in [0.25, 0.3) is 0 Å². The molecule has 1 unspecified atom stereocenters. The van der Waals surface area contributed by atoms with Gasteiger partial charge in [0.15, 0.2) is 0 Å². The van der Waals surface area contributed by atoms with E-state index in [0.717, 1.165) is 57.0 Å². The van der Waals surface area contributed by atoms with Crippen molar-refractivity contribution in [2.75, 3.05) is 39.4 Å². The Hall–Kier alpha value is -2.12. The normalized spacial score (nSPS) is 22.2. The van der Waals surface area contributed by atoms with Crippen LogP contribution in [-0.2, 0) is 11.3 Å². The molecular formula is C17H23N5O2. The summed E-state index contributed by atoms with van der Waals surface area (Å²) >= 11 is 0. The third-order valence-electron chi connectivity index (χ3n) is 4.92. The largest absolute Gasteiger partial charge is 0.379 e. The molecule has 128 valence electrons. The highest BCUT2D eigenvalue weighted by atomic mass is 16.5. The maximum Gasteiger partial charge on any atom is 0.317 e. The van der Waals surface area contributed by atoms with Gasteiger partial charge >= 0.3 is 6.03 Å². The summed E-state index contributed by atoms with van der Waals surface area (Å²) in [6.07, 6.45) is 6.70. The molecule has 0 aliphatic carbocycles. The van der Waals surface area contributed by atoms with E-state index in [0.29, 0.717) is 12.6 Å². The second-order valence-corrected chi connectivity index (χ2v) is 6.42. The average molecular weight is 329 g/mol. The van der Waals surface area contributed by atoms with Crippen LogP contribution in [0.2, 0.25) is 0 Å². The second kappa shape index (κ2) is 6.78. The molecule has 2 amide bonds. The van der Waals surface area contributed by atoms with E-state index in [2.05, 4.69) is 15.2 Å². The van der Waals surface area contributed by atoms with E-state index < -0.39 is 0 Å². The van der Waals surface area contributed by atoms with Crippen molar-refractivity contribution in [2.24, 2.45) is 0 Å². The van der Waals surface area contributed by atoms with E-state index in [4.69, 9.17) is 4.74 Å². The monoisotopic (exact) mass is 329 g/mol. The fourth-order valence-electron chi connectivity index (χ4n) is 3.52. The van der Waals surface area contributed by atoms with Crippen molar-refractivity contribution in [3.63, 3.8) is 0 Å². The van der Waals surface area contributed by atoms with Gasteiger partial charge in [-0.2, -0.15) is 0 Å². The third-order valence-corrected chi connectivity index (χ3v) is 4.92. The number of pyridine rings is 1. The topological polar surface area (TPSA) is 62.1 Å². The number of nitrogens with one attached hydrogen (secondary N) is 1. The predicted molar refractivity (Wildman–Crippen MR) is 89.8 cm³/mol. The SMILES string of the molecule is O=C(NCc1ccn2ccnc2c1)N1CCC(N2CCOCC2)C1. The smallest absolute Gasteiger partial charge is 0.317 e. The summed E-state index contributed by atoms with van der Waals surface area (Å²) in [5.41, 5.74) is 1.96. The number of likely N-dealkylation sites (tertiary alicyclic amines) is 1. The molecule has 4 rings (SSSR count). The molecule has 2 aliphatic rings. The molecule has 4 heterocycles. The first kappa shape index (κ1) is 15.4. The van der Waals surface area contributed by atoms with Gasteiger partial charge in [0.05, 0.1) is 13.2 Å². The summed E-state index contributed by atoms with van der Waals surface area (Å²) in [6.45, 7) is 5.73. The van der Waals surface area contributed by atoms with Gasteiger partial charge in [0.2, 0.25) is 0 Å². The Balaban J connectivity index is 1.30. The quantitative estimate of drug-likeness (QED) is 0.911. The zero-order valence-electron chi connectivity index (χ0n) is 13.7. The molecule has 7 heteroatoms. The summed E-state index contributed by atoms with van der Waals surface area (Å²) in [4.78, 5) is 21.1. The maximum atomic E-state index is 12.4. The number of rotatable bonds is 3. The molecule has 1 N–H and O–H groups in total. The summed E-state index contributed by atoms with van der Waals surface area (Å²) in [7, 11) is 0. The Morgan fingerprint density at radius 1 is 1.29 bits per heavy atom. The Labute approximate surface area is 141 Å². The van der Waals surface area contributed by atoms with Crippen molar-refractivity contribution < 1.29 is 9.53 Å². The minimum absolute atomic E-state index is 0.0222. The number of ether oxygens (including phenoxy) is 1. The van der Waals surface area contributed by atoms with Crippen LogP contribution in [0.25, 0.3) is 5.65 Å². The van der Waals surface area contributed by atoms with Crippen LogP contribution in [0.5, 0.6) is 0 Å². The molecular weight excluding hydrogens is 306 g/mol. The van der Waals surface area contributed by atoms with Crippen LogP contribution in [0.15, 0.2) is 30.7 Å². The van der Waals surface area contributed by atoms with Crippen molar-refractivity contribution in [3.05, 3.63) is 36.3 Å². The van der Waals surface area contributed by atoms with Crippen LogP contribution in [0.1, 0.15) is 12.0 Å². The molecule has 2 aromatic heterocycles. The van der Waals surface area contributed by atoms with Gasteiger partial charge in [-0.25, -0.2) is 9.78 Å². The fourth-order valence-corrected chi connectivity index (χ4v) is 3.52. The number of hydrogen-bond donors (Lipinski definition) is 1. The number of imidazole rings is 1. The standard InChI is InChI=1S/C17H23N5O2/c23-17(19-12-14-1-4-21-6-3-18-16(21)11-14)22-5-2-15(13-22)20-7-9-24-10-8-20/h1,3-4,6,11,15H,2,5,7-10,12-13H2,(H,19,23). The first-order valence-corrected chi connectivity index (χ1v) is 8.56. The highest BCUT2D eigenvalue weighted by molar-refractivity contribution is 5.74. The van der Waals surface area contributed by atoms with Crippen molar-refractivity contribution in [2.45, 2.75) is 19.0 Å². The fraction of sp³-hybridized carbons (Fsp3) is 0.529. The third kappa shape index (κ3) is 3.22. The highest BCUT2D eigenvalue weighted by Gasteiger charge is 2.30. The van der Waals surface area contributed by atoms with Crippen LogP contribution in [-0.4, -0.2) is 70.7 Å². The maximum absolute atomic E-state index is 12.4. The van der Waals surface area contributed by atoms with Crippen LogP contribution < -0.4 is 5.32 Å². The van der Waals surface area contributed by atoms with Crippen LogP contribution in [0, 0.1) is 0 Å². The first-order chi connectivity index (χ1) is 11.8. The zero-order chi connectivity index (χ0) is 16.4. The lowest BCUT2D eigenvalue weighted by molar-refractivity contribution is 0.0191. The number of morpholine rings is 1. The summed E-state index contributed by atoms with van der Waals surface area (Å²) < 4.78 is 7.36.